The van der Waals surface area contributed by atoms with Crippen molar-refractivity contribution in [1.82, 2.24) is 15.2 Å². The summed E-state index contributed by atoms with van der Waals surface area (Å²) in [6.07, 6.45) is 15.3. The van der Waals surface area contributed by atoms with Gasteiger partial charge in [-0.1, -0.05) is 90.4 Å². The lowest BCUT2D eigenvalue weighted by molar-refractivity contribution is -0.134. The zero-order valence-corrected chi connectivity index (χ0v) is 40.1. The Balaban J connectivity index is 1.41. The van der Waals surface area contributed by atoms with Gasteiger partial charge in [0.25, 0.3) is 11.8 Å². The van der Waals surface area contributed by atoms with Gasteiger partial charge in [0.2, 0.25) is 0 Å². The van der Waals surface area contributed by atoms with E-state index in [1.165, 1.54) is 5.56 Å². The highest BCUT2D eigenvalue weighted by atomic mass is 28.4. The molecule has 3 heterocycles. The van der Waals surface area contributed by atoms with E-state index in [4.69, 9.17) is 9.16 Å². The van der Waals surface area contributed by atoms with Crippen LogP contribution in [0.5, 0.6) is 5.75 Å². The van der Waals surface area contributed by atoms with Gasteiger partial charge in [0.05, 0.1) is 11.1 Å². The maximum absolute atomic E-state index is 14.4. The molecule has 3 aliphatic rings. The van der Waals surface area contributed by atoms with Gasteiger partial charge < -0.3 is 29.7 Å². The van der Waals surface area contributed by atoms with Crippen molar-refractivity contribution in [2.75, 3.05) is 31.5 Å². The molecule has 336 valence electrons. The highest BCUT2D eigenvalue weighted by molar-refractivity contribution is 6.74. The van der Waals surface area contributed by atoms with Gasteiger partial charge in [-0.3, -0.25) is 14.4 Å². The van der Waals surface area contributed by atoms with Crippen molar-refractivity contribution in [3.8, 4) is 5.75 Å². The molecule has 3 N–H and O–H groups in total. The number of carbonyl (C=O) groups excluding carboxylic acids is 3. The highest BCUT2D eigenvalue weighted by Gasteiger charge is 2.48. The molecule has 9 nitrogen and oxygen atoms in total. The smallest absolute Gasteiger partial charge is 0.311 e. The number of hydrogen-bond donors (Lipinski definition) is 3. The Kier molecular flexibility index (Phi) is 16.0. The van der Waals surface area contributed by atoms with E-state index in [-0.39, 0.29) is 34.8 Å². The maximum Gasteiger partial charge on any atom is 0.311 e. The number of nitrogens with one attached hydrogen (secondary N) is 3. The van der Waals surface area contributed by atoms with Crippen LogP contribution in [-0.2, 0) is 26.9 Å². The second-order valence-electron chi connectivity index (χ2n) is 19.7. The summed E-state index contributed by atoms with van der Waals surface area (Å²) < 4.78 is 13.3. The number of nitrogens with zero attached hydrogens (tertiary/aromatic N) is 1. The Morgan fingerprint density at radius 2 is 1.81 bits per heavy atom. The average Bonchev–Trinajstić information content (AvgIpc) is 3.83. The largest absolute Gasteiger partial charge is 0.427 e. The van der Waals surface area contributed by atoms with E-state index in [9.17, 15) is 14.4 Å². The number of fused-ring (bicyclic) bond motifs is 3. The van der Waals surface area contributed by atoms with Crippen molar-refractivity contribution in [3.63, 3.8) is 0 Å². The van der Waals surface area contributed by atoms with Crippen molar-refractivity contribution in [3.05, 3.63) is 94.3 Å². The fourth-order valence-electron chi connectivity index (χ4n) is 9.64. The number of carbonyl (C=O) groups is 3. The summed E-state index contributed by atoms with van der Waals surface area (Å²) in [6, 6.07) is 16.1. The standard InChI is InChI=1S/C52H74N4O5Si/c1-10-56(11-2)30-29-53-51(59)49-36(4)54-46-34-43-42-33-39(26-28-45(42)55-50(43)58)60-48(57)22-18-13-12-17-21-40-38(31-44(46)49)32-47(61-62(8,9)52(5,6)7)41(40)27-24-35(3)23-25-37-19-15-14-16-20-37/h12,14-17,19-20,26,28,33-35,38,40-41,47,54H,10-11,13,18,21-25,27,29-32H2,1-9H3,(H,53,59)(H,55,58)/b17-12-,43-34-/t35-,38+,40+,41-,47-/m1/s1. The van der Waals surface area contributed by atoms with Crippen LogP contribution in [0.4, 0.5) is 5.69 Å². The molecular formula is C52H74N4O5Si. The quantitative estimate of drug-likeness (QED) is 0.0644. The molecule has 2 bridgehead atoms. The van der Waals surface area contributed by atoms with Crippen molar-refractivity contribution in [2.45, 2.75) is 137 Å². The Hall–Kier alpha value is -4.25. The van der Waals surface area contributed by atoms with Crippen LogP contribution in [-0.4, -0.2) is 68.3 Å². The molecule has 3 aromatic rings. The summed E-state index contributed by atoms with van der Waals surface area (Å²) >= 11 is 0. The van der Waals surface area contributed by atoms with E-state index in [0.717, 1.165) is 81.5 Å². The summed E-state index contributed by atoms with van der Waals surface area (Å²) in [6.45, 7) is 23.6. The lowest BCUT2D eigenvalue weighted by Crippen LogP contribution is -2.45. The zero-order valence-electron chi connectivity index (χ0n) is 39.1. The summed E-state index contributed by atoms with van der Waals surface area (Å²) in [7, 11) is -2.16. The summed E-state index contributed by atoms with van der Waals surface area (Å²) in [5.41, 5.74) is 6.38. The van der Waals surface area contributed by atoms with Crippen LogP contribution in [0.15, 0.2) is 60.7 Å². The van der Waals surface area contributed by atoms with Crippen LogP contribution >= 0.6 is 0 Å². The van der Waals surface area contributed by atoms with Gasteiger partial charge in [0, 0.05) is 48.3 Å². The molecule has 1 saturated carbocycles. The predicted molar refractivity (Wildman–Crippen MR) is 256 cm³/mol. The van der Waals surface area contributed by atoms with E-state index in [1.54, 1.807) is 18.2 Å². The van der Waals surface area contributed by atoms with E-state index in [0.29, 0.717) is 71.7 Å². The number of aromatic nitrogens is 1. The van der Waals surface area contributed by atoms with Gasteiger partial charge in [0.1, 0.15) is 5.75 Å². The van der Waals surface area contributed by atoms with E-state index >= 15 is 0 Å². The molecule has 2 aromatic carbocycles. The molecular weight excluding hydrogens is 789 g/mol. The summed E-state index contributed by atoms with van der Waals surface area (Å²) in [4.78, 5) is 47.0. The van der Waals surface area contributed by atoms with Gasteiger partial charge >= 0.3 is 5.97 Å². The number of likely N-dealkylation sites (N-methyl/N-ethyl adjacent to an activating group) is 1. The number of amides is 2. The number of ether oxygens (including phenoxy) is 1. The molecule has 6 rings (SSSR count). The van der Waals surface area contributed by atoms with Gasteiger partial charge in [0.15, 0.2) is 8.32 Å². The van der Waals surface area contributed by atoms with Gasteiger partial charge in [-0.15, -0.1) is 0 Å². The number of rotatable bonds is 14. The van der Waals surface area contributed by atoms with Gasteiger partial charge in [-0.05, 0) is 149 Å². The number of aromatic amines is 1. The first-order valence-corrected chi connectivity index (χ1v) is 26.5. The number of H-pyrrole nitrogens is 1. The molecule has 0 saturated heterocycles. The lowest BCUT2D eigenvalue weighted by Gasteiger charge is -2.40. The number of benzene rings is 2. The van der Waals surface area contributed by atoms with Crippen LogP contribution in [0.1, 0.15) is 131 Å². The Labute approximate surface area is 373 Å². The van der Waals surface area contributed by atoms with Gasteiger partial charge in [-0.25, -0.2) is 0 Å². The monoisotopic (exact) mass is 863 g/mol. The molecule has 0 unspecified atom stereocenters. The molecule has 5 atom stereocenters. The van der Waals surface area contributed by atoms with Crippen LogP contribution in [0.3, 0.4) is 0 Å². The molecule has 0 radical (unpaired) electrons. The Morgan fingerprint density at radius 1 is 1.05 bits per heavy atom. The molecule has 62 heavy (non-hydrogen) atoms. The molecule has 1 fully saturated rings. The first-order valence-electron chi connectivity index (χ1n) is 23.5. The van der Waals surface area contributed by atoms with Crippen molar-refractivity contribution >= 4 is 43.4 Å². The summed E-state index contributed by atoms with van der Waals surface area (Å²) in [5.74, 6) is 1.26. The SMILES string of the molecule is CCN(CC)CCNC(=O)c1c(C)[nH]c2c1C[C@H]1C[C@@H](O[Si](C)(C)C(C)(C)C)[C@H](CC[C@H](C)CCc3ccccc3)[C@H]1C/C=C\CCCC(=O)Oc1ccc3c(c1)/C(=C/2)C(=O)N3. The molecule has 1 aliphatic carbocycles. The number of aryl methyl sites for hydroxylation is 2. The van der Waals surface area contributed by atoms with E-state index < -0.39 is 8.32 Å². The molecule has 0 spiro atoms. The molecule has 2 aliphatic heterocycles. The minimum Gasteiger partial charge on any atom is -0.427 e. The fourth-order valence-corrected chi connectivity index (χ4v) is 11.0. The lowest BCUT2D eigenvalue weighted by atomic mass is 9.79. The zero-order chi connectivity index (χ0) is 44.6. The highest BCUT2D eigenvalue weighted by Crippen LogP contribution is 2.50. The first kappa shape index (κ1) is 47.2. The molecule has 2 amide bonds. The Morgan fingerprint density at radius 3 is 2.53 bits per heavy atom. The number of esters is 1. The minimum atomic E-state index is -2.16. The van der Waals surface area contributed by atoms with Crippen LogP contribution in [0.2, 0.25) is 18.1 Å². The number of allylic oxidation sites excluding steroid dienone is 2. The fraction of sp³-hybridized carbons (Fsp3) is 0.558. The number of anilines is 1. The topological polar surface area (TPSA) is 113 Å². The predicted octanol–water partition coefficient (Wildman–Crippen LogP) is 11.2. The van der Waals surface area contributed by atoms with E-state index in [1.807, 2.05) is 13.0 Å². The average molecular weight is 863 g/mol. The molecule has 10 heteroatoms. The second-order valence-corrected chi connectivity index (χ2v) is 24.5. The number of hydrogen-bond acceptors (Lipinski definition) is 6. The minimum absolute atomic E-state index is 0.0599. The van der Waals surface area contributed by atoms with Crippen LogP contribution in [0.25, 0.3) is 11.6 Å². The van der Waals surface area contributed by atoms with Gasteiger partial charge in [-0.2, -0.15) is 0 Å². The third-order valence-corrected chi connectivity index (χ3v) is 18.9. The third kappa shape index (κ3) is 11.7. The van der Waals surface area contributed by atoms with Crippen LogP contribution < -0.4 is 15.4 Å². The van der Waals surface area contributed by atoms with E-state index in [2.05, 4.69) is 118 Å². The van der Waals surface area contributed by atoms with Crippen molar-refractivity contribution in [1.29, 1.82) is 0 Å². The molecule has 1 aromatic heterocycles. The van der Waals surface area contributed by atoms with Crippen molar-refractivity contribution in [2.24, 2.45) is 23.7 Å². The normalized spacial score (nSPS) is 22.7. The van der Waals surface area contributed by atoms with Crippen molar-refractivity contribution < 1.29 is 23.5 Å². The van der Waals surface area contributed by atoms with Crippen LogP contribution in [0, 0.1) is 30.6 Å². The maximum atomic E-state index is 14.4. The Bertz CT molecular complexity index is 2080. The third-order valence-electron chi connectivity index (χ3n) is 14.4. The first-order chi connectivity index (χ1) is 29.6. The summed E-state index contributed by atoms with van der Waals surface area (Å²) in [5, 5.41) is 6.34. The second kappa shape index (κ2) is 21.0.